The lowest BCUT2D eigenvalue weighted by Crippen LogP contribution is -2.12. The van der Waals surface area contributed by atoms with Crippen molar-refractivity contribution in [3.8, 4) is 5.75 Å². The molecule has 1 heterocycles. The predicted octanol–water partition coefficient (Wildman–Crippen LogP) is 2.92. The SMILES string of the molecule is COc1ccc(C(O)C2COC(C)C2)cc1Br. The Labute approximate surface area is 110 Å². The molecule has 1 aromatic rings. The highest BCUT2D eigenvalue weighted by Gasteiger charge is 2.29. The zero-order valence-electron chi connectivity index (χ0n) is 10.0. The molecule has 94 valence electrons. The van der Waals surface area contributed by atoms with E-state index in [2.05, 4.69) is 15.9 Å². The summed E-state index contributed by atoms with van der Waals surface area (Å²) in [4.78, 5) is 0. The van der Waals surface area contributed by atoms with E-state index in [1.54, 1.807) is 7.11 Å². The van der Waals surface area contributed by atoms with Gasteiger partial charge in [0.05, 0.1) is 30.4 Å². The summed E-state index contributed by atoms with van der Waals surface area (Å²) in [6.45, 7) is 2.67. The largest absolute Gasteiger partial charge is 0.496 e. The maximum Gasteiger partial charge on any atom is 0.133 e. The van der Waals surface area contributed by atoms with Crippen molar-refractivity contribution in [2.24, 2.45) is 5.92 Å². The number of halogens is 1. The highest BCUT2D eigenvalue weighted by atomic mass is 79.9. The molecule has 0 saturated carbocycles. The van der Waals surface area contributed by atoms with Gasteiger partial charge < -0.3 is 14.6 Å². The van der Waals surface area contributed by atoms with Gasteiger partial charge in [-0.05, 0) is 47.0 Å². The van der Waals surface area contributed by atoms with Crippen molar-refractivity contribution in [3.05, 3.63) is 28.2 Å². The number of benzene rings is 1. The molecule has 4 heteroatoms. The van der Waals surface area contributed by atoms with Crippen LogP contribution in [0.2, 0.25) is 0 Å². The molecular weight excluding hydrogens is 284 g/mol. The van der Waals surface area contributed by atoms with Crippen LogP contribution >= 0.6 is 15.9 Å². The minimum absolute atomic E-state index is 0.185. The molecule has 3 unspecified atom stereocenters. The standard InChI is InChI=1S/C13H17BrO3/c1-8-5-10(7-17-8)13(15)9-3-4-12(16-2)11(14)6-9/h3-4,6,8,10,13,15H,5,7H2,1-2H3. The fourth-order valence-electron chi connectivity index (χ4n) is 2.21. The zero-order valence-corrected chi connectivity index (χ0v) is 11.6. The van der Waals surface area contributed by atoms with Crippen LogP contribution in [0.25, 0.3) is 0 Å². The zero-order chi connectivity index (χ0) is 12.4. The highest BCUT2D eigenvalue weighted by molar-refractivity contribution is 9.10. The van der Waals surface area contributed by atoms with E-state index >= 15 is 0 Å². The van der Waals surface area contributed by atoms with Gasteiger partial charge in [0.15, 0.2) is 0 Å². The van der Waals surface area contributed by atoms with Crippen molar-refractivity contribution in [2.45, 2.75) is 25.6 Å². The van der Waals surface area contributed by atoms with Crippen LogP contribution in [0.15, 0.2) is 22.7 Å². The number of hydrogen-bond acceptors (Lipinski definition) is 3. The molecule has 1 saturated heterocycles. The molecule has 0 spiro atoms. The Balaban J connectivity index is 2.14. The number of aliphatic hydroxyl groups is 1. The van der Waals surface area contributed by atoms with Gasteiger partial charge >= 0.3 is 0 Å². The van der Waals surface area contributed by atoms with E-state index < -0.39 is 6.10 Å². The summed E-state index contributed by atoms with van der Waals surface area (Å²) in [6, 6.07) is 5.67. The minimum Gasteiger partial charge on any atom is -0.496 e. The van der Waals surface area contributed by atoms with Crippen LogP contribution < -0.4 is 4.74 Å². The van der Waals surface area contributed by atoms with E-state index in [-0.39, 0.29) is 12.0 Å². The third-order valence-corrected chi connectivity index (χ3v) is 3.81. The quantitative estimate of drug-likeness (QED) is 0.933. The Morgan fingerprint density at radius 2 is 2.29 bits per heavy atom. The fraction of sp³-hybridized carbons (Fsp3) is 0.538. The molecular formula is C13H17BrO3. The van der Waals surface area contributed by atoms with Gasteiger partial charge in [0.1, 0.15) is 5.75 Å². The second-order valence-corrected chi connectivity index (χ2v) is 5.33. The Morgan fingerprint density at radius 1 is 1.53 bits per heavy atom. The summed E-state index contributed by atoms with van der Waals surface area (Å²) in [5.74, 6) is 0.960. The van der Waals surface area contributed by atoms with Crippen LogP contribution in [-0.2, 0) is 4.74 Å². The summed E-state index contributed by atoms with van der Waals surface area (Å²) in [5.41, 5.74) is 0.903. The average Bonchev–Trinajstić information content (AvgIpc) is 2.75. The van der Waals surface area contributed by atoms with Crippen molar-refractivity contribution >= 4 is 15.9 Å². The monoisotopic (exact) mass is 300 g/mol. The number of ether oxygens (including phenoxy) is 2. The van der Waals surface area contributed by atoms with Crippen LogP contribution in [0.1, 0.15) is 25.0 Å². The first kappa shape index (κ1) is 12.9. The smallest absolute Gasteiger partial charge is 0.133 e. The van der Waals surface area contributed by atoms with E-state index in [1.165, 1.54) is 0 Å². The van der Waals surface area contributed by atoms with Gasteiger partial charge in [-0.1, -0.05) is 6.07 Å². The van der Waals surface area contributed by atoms with Crippen molar-refractivity contribution in [1.29, 1.82) is 0 Å². The molecule has 2 rings (SSSR count). The molecule has 1 N–H and O–H groups in total. The molecule has 3 atom stereocenters. The number of hydrogen-bond donors (Lipinski definition) is 1. The summed E-state index contributed by atoms with van der Waals surface area (Å²) in [7, 11) is 1.63. The van der Waals surface area contributed by atoms with Gasteiger partial charge in [-0.25, -0.2) is 0 Å². The molecule has 1 fully saturated rings. The van der Waals surface area contributed by atoms with Gasteiger partial charge in [0, 0.05) is 5.92 Å². The first-order chi connectivity index (χ1) is 8.11. The van der Waals surface area contributed by atoms with E-state index in [4.69, 9.17) is 9.47 Å². The molecule has 1 aliphatic rings. The number of aliphatic hydroxyl groups excluding tert-OH is 1. The summed E-state index contributed by atoms with van der Waals surface area (Å²) < 4.78 is 11.5. The van der Waals surface area contributed by atoms with Crippen LogP contribution in [-0.4, -0.2) is 24.9 Å². The van der Waals surface area contributed by atoms with Gasteiger partial charge in [-0.3, -0.25) is 0 Å². The lowest BCUT2D eigenvalue weighted by atomic mass is 9.94. The molecule has 3 nitrogen and oxygen atoms in total. The normalized spacial score (nSPS) is 25.9. The van der Waals surface area contributed by atoms with Crippen molar-refractivity contribution in [2.75, 3.05) is 13.7 Å². The van der Waals surface area contributed by atoms with Crippen LogP contribution in [0, 0.1) is 5.92 Å². The first-order valence-electron chi connectivity index (χ1n) is 5.75. The fourth-order valence-corrected chi connectivity index (χ4v) is 2.77. The minimum atomic E-state index is -0.470. The van der Waals surface area contributed by atoms with E-state index in [0.717, 1.165) is 22.2 Å². The van der Waals surface area contributed by atoms with Crippen molar-refractivity contribution in [1.82, 2.24) is 0 Å². The van der Waals surface area contributed by atoms with E-state index in [0.29, 0.717) is 6.61 Å². The third kappa shape index (κ3) is 2.81. The predicted molar refractivity (Wildman–Crippen MR) is 69.2 cm³/mol. The number of rotatable bonds is 3. The van der Waals surface area contributed by atoms with Crippen LogP contribution in [0.5, 0.6) is 5.75 Å². The Bertz CT molecular complexity index is 394. The molecule has 17 heavy (non-hydrogen) atoms. The van der Waals surface area contributed by atoms with Crippen LogP contribution in [0.3, 0.4) is 0 Å². The molecule has 1 aliphatic heterocycles. The highest BCUT2D eigenvalue weighted by Crippen LogP contribution is 2.34. The molecule has 0 aliphatic carbocycles. The molecule has 1 aromatic carbocycles. The van der Waals surface area contributed by atoms with Gasteiger partial charge in [-0.15, -0.1) is 0 Å². The van der Waals surface area contributed by atoms with E-state index in [9.17, 15) is 5.11 Å². The van der Waals surface area contributed by atoms with Gasteiger partial charge in [-0.2, -0.15) is 0 Å². The topological polar surface area (TPSA) is 38.7 Å². The lowest BCUT2D eigenvalue weighted by Gasteiger charge is -2.17. The summed E-state index contributed by atoms with van der Waals surface area (Å²) >= 11 is 3.43. The maximum atomic E-state index is 10.3. The average molecular weight is 301 g/mol. The number of methoxy groups -OCH3 is 1. The first-order valence-corrected chi connectivity index (χ1v) is 6.54. The third-order valence-electron chi connectivity index (χ3n) is 3.19. The molecule has 0 aromatic heterocycles. The Kier molecular flexibility index (Phi) is 4.07. The molecule has 0 radical (unpaired) electrons. The lowest BCUT2D eigenvalue weighted by molar-refractivity contribution is 0.0803. The van der Waals surface area contributed by atoms with Crippen LogP contribution in [0.4, 0.5) is 0 Å². The van der Waals surface area contributed by atoms with Crippen molar-refractivity contribution in [3.63, 3.8) is 0 Å². The van der Waals surface area contributed by atoms with Crippen molar-refractivity contribution < 1.29 is 14.6 Å². The molecule has 0 amide bonds. The van der Waals surface area contributed by atoms with Gasteiger partial charge in [0.2, 0.25) is 0 Å². The second kappa shape index (κ2) is 5.38. The molecule has 0 bridgehead atoms. The summed E-state index contributed by atoms with van der Waals surface area (Å²) in [5, 5.41) is 10.3. The summed E-state index contributed by atoms with van der Waals surface area (Å²) in [6.07, 6.45) is 0.684. The second-order valence-electron chi connectivity index (χ2n) is 4.48. The van der Waals surface area contributed by atoms with Gasteiger partial charge in [0.25, 0.3) is 0 Å². The van der Waals surface area contributed by atoms with E-state index in [1.807, 2.05) is 25.1 Å². The Morgan fingerprint density at radius 3 is 2.82 bits per heavy atom. The maximum absolute atomic E-state index is 10.3. The Hall–Kier alpha value is -0.580.